The molecule has 0 aromatic heterocycles. The summed E-state index contributed by atoms with van der Waals surface area (Å²) in [7, 11) is 0. The van der Waals surface area contributed by atoms with E-state index in [0.717, 1.165) is 23.3 Å². The number of halogens is 3. The molecule has 1 heterocycles. The zero-order valence-corrected chi connectivity index (χ0v) is 14.2. The molecule has 5 nitrogen and oxygen atoms in total. The number of rotatable bonds is 3. The van der Waals surface area contributed by atoms with Crippen molar-refractivity contribution in [3.63, 3.8) is 0 Å². The molecule has 0 fully saturated rings. The number of nitrogens with zero attached hydrogens (tertiary/aromatic N) is 1. The van der Waals surface area contributed by atoms with E-state index in [1.54, 1.807) is 17.0 Å². The summed E-state index contributed by atoms with van der Waals surface area (Å²) in [6.07, 6.45) is -2.15. The Morgan fingerprint density at radius 3 is 2.30 bits per heavy atom. The standard InChI is InChI=1S/C19H17F3N2O3/c20-19(21,22)27-17-7-3-15(4-8-17)23-18(26)24-11-9-14(10-12-24)13-1-5-16(25)6-2-13/h1-9,25H,10-12H2,(H,23,26). The van der Waals surface area contributed by atoms with E-state index in [0.29, 0.717) is 25.2 Å². The van der Waals surface area contributed by atoms with Gasteiger partial charge in [0.2, 0.25) is 0 Å². The zero-order chi connectivity index (χ0) is 19.4. The molecule has 0 radical (unpaired) electrons. The number of ether oxygens (including phenoxy) is 1. The number of urea groups is 1. The van der Waals surface area contributed by atoms with Gasteiger partial charge in [0.15, 0.2) is 0 Å². The quantitative estimate of drug-likeness (QED) is 0.820. The Balaban J connectivity index is 1.57. The van der Waals surface area contributed by atoms with Crippen LogP contribution in [0.2, 0.25) is 0 Å². The maximum Gasteiger partial charge on any atom is 0.573 e. The third-order valence-electron chi connectivity index (χ3n) is 4.07. The van der Waals surface area contributed by atoms with Crippen LogP contribution >= 0.6 is 0 Å². The molecule has 0 spiro atoms. The third kappa shape index (κ3) is 5.16. The highest BCUT2D eigenvalue weighted by atomic mass is 19.4. The number of nitrogens with one attached hydrogen (secondary N) is 1. The van der Waals surface area contributed by atoms with Gasteiger partial charge in [-0.15, -0.1) is 13.2 Å². The number of aromatic hydroxyl groups is 1. The number of alkyl halides is 3. The van der Waals surface area contributed by atoms with Gasteiger partial charge >= 0.3 is 12.4 Å². The van der Waals surface area contributed by atoms with Crippen molar-refractivity contribution >= 4 is 17.3 Å². The smallest absolute Gasteiger partial charge is 0.508 e. The van der Waals surface area contributed by atoms with E-state index < -0.39 is 6.36 Å². The van der Waals surface area contributed by atoms with Gasteiger partial charge in [0.05, 0.1) is 0 Å². The number of phenolic OH excluding ortho intramolecular Hbond substituents is 1. The molecule has 2 amide bonds. The molecule has 0 saturated heterocycles. The predicted molar refractivity (Wildman–Crippen MR) is 94.4 cm³/mol. The van der Waals surface area contributed by atoms with Gasteiger partial charge in [0.1, 0.15) is 11.5 Å². The summed E-state index contributed by atoms with van der Waals surface area (Å²) in [4.78, 5) is 13.9. The zero-order valence-electron chi connectivity index (χ0n) is 14.2. The van der Waals surface area contributed by atoms with Crippen LogP contribution in [0.1, 0.15) is 12.0 Å². The van der Waals surface area contributed by atoms with Crippen LogP contribution in [0, 0.1) is 0 Å². The average Bonchev–Trinajstić information content (AvgIpc) is 2.63. The number of phenols is 1. The summed E-state index contributed by atoms with van der Waals surface area (Å²) in [5.41, 5.74) is 2.46. The molecule has 142 valence electrons. The van der Waals surface area contributed by atoms with E-state index in [1.165, 1.54) is 12.1 Å². The number of anilines is 1. The Labute approximate surface area is 153 Å². The van der Waals surface area contributed by atoms with Crippen LogP contribution in [0.15, 0.2) is 54.6 Å². The number of hydrogen-bond donors (Lipinski definition) is 2. The van der Waals surface area contributed by atoms with Crippen molar-refractivity contribution < 1.29 is 27.8 Å². The minimum Gasteiger partial charge on any atom is -0.508 e. The van der Waals surface area contributed by atoms with Gasteiger partial charge in [-0.1, -0.05) is 18.2 Å². The first-order chi connectivity index (χ1) is 12.8. The second kappa shape index (κ2) is 7.61. The van der Waals surface area contributed by atoms with Crippen LogP contribution in [-0.2, 0) is 0 Å². The number of carbonyl (C=O) groups excluding carboxylic acids is 1. The normalized spacial score (nSPS) is 14.5. The predicted octanol–water partition coefficient (Wildman–Crippen LogP) is 4.61. The highest BCUT2D eigenvalue weighted by Crippen LogP contribution is 2.26. The molecule has 2 aromatic carbocycles. The van der Waals surface area contributed by atoms with Crippen molar-refractivity contribution in [2.75, 3.05) is 18.4 Å². The summed E-state index contributed by atoms with van der Waals surface area (Å²) >= 11 is 0. The second-order valence-electron chi connectivity index (χ2n) is 5.97. The molecule has 0 atom stereocenters. The molecule has 0 bridgehead atoms. The van der Waals surface area contributed by atoms with Crippen molar-refractivity contribution in [3.05, 3.63) is 60.2 Å². The minimum absolute atomic E-state index is 0.197. The van der Waals surface area contributed by atoms with Crippen molar-refractivity contribution in [3.8, 4) is 11.5 Å². The lowest BCUT2D eigenvalue weighted by atomic mass is 9.99. The molecule has 0 saturated carbocycles. The van der Waals surface area contributed by atoms with Gasteiger partial charge in [0.25, 0.3) is 0 Å². The summed E-state index contributed by atoms with van der Waals surface area (Å²) in [5.74, 6) is -0.150. The largest absolute Gasteiger partial charge is 0.573 e. The molecule has 8 heteroatoms. The highest BCUT2D eigenvalue weighted by Gasteiger charge is 2.31. The summed E-state index contributed by atoms with van der Waals surface area (Å²) in [6, 6.07) is 11.5. The molecule has 2 N–H and O–H groups in total. The van der Waals surface area contributed by atoms with Crippen LogP contribution in [0.25, 0.3) is 5.57 Å². The Bertz CT molecular complexity index is 831. The van der Waals surface area contributed by atoms with Gasteiger partial charge in [-0.2, -0.15) is 0 Å². The topological polar surface area (TPSA) is 61.8 Å². The van der Waals surface area contributed by atoms with E-state index in [9.17, 15) is 23.1 Å². The lowest BCUT2D eigenvalue weighted by Crippen LogP contribution is -2.37. The highest BCUT2D eigenvalue weighted by molar-refractivity contribution is 5.90. The van der Waals surface area contributed by atoms with Crippen molar-refractivity contribution in [1.29, 1.82) is 0 Å². The molecule has 1 aliphatic heterocycles. The number of carbonyl (C=O) groups is 1. The van der Waals surface area contributed by atoms with Crippen molar-refractivity contribution in [2.45, 2.75) is 12.8 Å². The fourth-order valence-corrected chi connectivity index (χ4v) is 2.73. The van der Waals surface area contributed by atoms with Gasteiger partial charge in [-0.3, -0.25) is 0 Å². The van der Waals surface area contributed by atoms with Crippen LogP contribution in [0.4, 0.5) is 23.7 Å². The average molecular weight is 378 g/mol. The number of hydrogen-bond acceptors (Lipinski definition) is 3. The van der Waals surface area contributed by atoms with E-state index in [2.05, 4.69) is 10.1 Å². The van der Waals surface area contributed by atoms with Gasteiger partial charge < -0.3 is 20.1 Å². The Morgan fingerprint density at radius 1 is 1.07 bits per heavy atom. The summed E-state index contributed by atoms with van der Waals surface area (Å²) in [6.45, 7) is 0.922. The Hall–Kier alpha value is -3.16. The molecule has 1 aliphatic rings. The van der Waals surface area contributed by atoms with Gasteiger partial charge in [0, 0.05) is 18.8 Å². The SMILES string of the molecule is O=C(Nc1ccc(OC(F)(F)F)cc1)N1CC=C(c2ccc(O)cc2)CC1. The maximum absolute atomic E-state index is 12.3. The Kier molecular flexibility index (Phi) is 5.25. The molecule has 0 unspecified atom stereocenters. The second-order valence-corrected chi connectivity index (χ2v) is 5.97. The molecule has 27 heavy (non-hydrogen) atoms. The molecule has 0 aliphatic carbocycles. The summed E-state index contributed by atoms with van der Waals surface area (Å²) in [5, 5.41) is 12.0. The third-order valence-corrected chi connectivity index (χ3v) is 4.07. The molecular formula is C19H17F3N2O3. The van der Waals surface area contributed by atoms with Crippen LogP contribution < -0.4 is 10.1 Å². The molecule has 3 rings (SSSR count). The fraction of sp³-hybridized carbons (Fsp3) is 0.211. The van der Waals surface area contributed by atoms with E-state index >= 15 is 0 Å². The lowest BCUT2D eigenvalue weighted by molar-refractivity contribution is -0.274. The monoisotopic (exact) mass is 378 g/mol. The van der Waals surface area contributed by atoms with Crippen LogP contribution in [-0.4, -0.2) is 35.5 Å². The Morgan fingerprint density at radius 2 is 1.74 bits per heavy atom. The maximum atomic E-state index is 12.3. The van der Waals surface area contributed by atoms with Gasteiger partial charge in [-0.25, -0.2) is 4.79 Å². The van der Waals surface area contributed by atoms with E-state index in [-0.39, 0.29) is 17.5 Å². The van der Waals surface area contributed by atoms with Crippen LogP contribution in [0.3, 0.4) is 0 Å². The van der Waals surface area contributed by atoms with E-state index in [4.69, 9.17) is 0 Å². The van der Waals surface area contributed by atoms with Crippen LogP contribution in [0.5, 0.6) is 11.5 Å². The first kappa shape index (κ1) is 18.6. The number of benzene rings is 2. The first-order valence-corrected chi connectivity index (χ1v) is 8.20. The minimum atomic E-state index is -4.75. The van der Waals surface area contributed by atoms with Crippen molar-refractivity contribution in [1.82, 2.24) is 4.90 Å². The lowest BCUT2D eigenvalue weighted by Gasteiger charge is -2.27. The first-order valence-electron chi connectivity index (χ1n) is 8.20. The number of amides is 2. The molecule has 2 aromatic rings. The van der Waals surface area contributed by atoms with E-state index in [1.807, 2.05) is 18.2 Å². The molecular weight excluding hydrogens is 361 g/mol. The fourth-order valence-electron chi connectivity index (χ4n) is 2.73. The van der Waals surface area contributed by atoms with Gasteiger partial charge in [-0.05, 0) is 54.0 Å². The summed E-state index contributed by atoms with van der Waals surface area (Å²) < 4.78 is 40.2. The van der Waals surface area contributed by atoms with Crippen molar-refractivity contribution in [2.24, 2.45) is 0 Å².